The molecule has 8 heteroatoms. The molecule has 0 aromatic rings. The maximum Gasteiger partial charge on any atom is 0.409 e. The van der Waals surface area contributed by atoms with E-state index in [0.717, 1.165) is 71.0 Å². The lowest BCUT2D eigenvalue weighted by molar-refractivity contribution is 0.0203. The second kappa shape index (κ2) is 12.0. The first kappa shape index (κ1) is 20.8. The lowest BCUT2D eigenvalue weighted by Crippen LogP contribution is -2.49. The number of likely N-dealkylation sites (tertiary alicyclic amines) is 1. The van der Waals surface area contributed by atoms with Crippen LogP contribution >= 0.6 is 0 Å². The van der Waals surface area contributed by atoms with Gasteiger partial charge in [0.15, 0.2) is 5.96 Å². The van der Waals surface area contributed by atoms with Crippen molar-refractivity contribution in [3.05, 3.63) is 0 Å². The maximum atomic E-state index is 11.5. The Morgan fingerprint density at radius 1 is 1.23 bits per heavy atom. The number of nitrogens with one attached hydrogen (secondary N) is 2. The maximum absolute atomic E-state index is 11.5. The van der Waals surface area contributed by atoms with Gasteiger partial charge in [0.2, 0.25) is 0 Å². The van der Waals surface area contributed by atoms with Crippen molar-refractivity contribution in [2.45, 2.75) is 38.1 Å². The zero-order valence-corrected chi connectivity index (χ0v) is 16.2. The Labute approximate surface area is 156 Å². The monoisotopic (exact) mass is 370 g/mol. The largest absolute Gasteiger partial charge is 0.453 e. The van der Waals surface area contributed by atoms with Crippen LogP contribution in [-0.2, 0) is 14.2 Å². The molecule has 150 valence electrons. The highest BCUT2D eigenvalue weighted by Gasteiger charge is 2.23. The molecule has 0 bridgehead atoms. The van der Waals surface area contributed by atoms with Gasteiger partial charge in [-0.1, -0.05) is 0 Å². The lowest BCUT2D eigenvalue weighted by atomic mass is 10.0. The summed E-state index contributed by atoms with van der Waals surface area (Å²) in [5, 5.41) is 6.77. The van der Waals surface area contributed by atoms with Crippen LogP contribution < -0.4 is 10.6 Å². The first-order chi connectivity index (χ1) is 12.7. The smallest absolute Gasteiger partial charge is 0.409 e. The summed E-state index contributed by atoms with van der Waals surface area (Å²) in [5.41, 5.74) is 0. The molecule has 0 unspecified atom stereocenters. The minimum atomic E-state index is -0.244. The summed E-state index contributed by atoms with van der Waals surface area (Å²) in [6.45, 7) is 5.59. The van der Waals surface area contributed by atoms with Crippen LogP contribution in [-0.4, -0.2) is 83.2 Å². The second-order valence-electron chi connectivity index (χ2n) is 6.86. The standard InChI is InChI=1S/C18H34N4O4/c1-19-17(21-16-4-9-22(10-5-16)18(23)24-2)20-8-3-11-26-14-15-6-12-25-13-7-15/h15-16H,3-14H2,1-2H3,(H2,19,20,21). The van der Waals surface area contributed by atoms with Crippen molar-refractivity contribution in [3.63, 3.8) is 0 Å². The Hall–Kier alpha value is -1.54. The van der Waals surface area contributed by atoms with Crippen LogP contribution in [0.3, 0.4) is 0 Å². The summed E-state index contributed by atoms with van der Waals surface area (Å²) in [6.07, 6.45) is 4.72. The number of rotatable bonds is 7. The van der Waals surface area contributed by atoms with Crippen LogP contribution in [0.25, 0.3) is 0 Å². The quantitative estimate of drug-likeness (QED) is 0.398. The normalized spacial score (nSPS) is 20.1. The number of carbonyl (C=O) groups is 1. The van der Waals surface area contributed by atoms with Gasteiger partial charge in [0, 0.05) is 59.2 Å². The number of hydrogen-bond donors (Lipinski definition) is 2. The number of aliphatic imine (C=N–C) groups is 1. The van der Waals surface area contributed by atoms with Gasteiger partial charge >= 0.3 is 6.09 Å². The van der Waals surface area contributed by atoms with Gasteiger partial charge in [-0.15, -0.1) is 0 Å². The van der Waals surface area contributed by atoms with E-state index in [4.69, 9.17) is 14.2 Å². The first-order valence-corrected chi connectivity index (χ1v) is 9.68. The lowest BCUT2D eigenvalue weighted by Gasteiger charge is -2.32. The highest BCUT2D eigenvalue weighted by atomic mass is 16.5. The molecule has 2 heterocycles. The molecule has 1 amide bonds. The fraction of sp³-hybridized carbons (Fsp3) is 0.889. The summed E-state index contributed by atoms with van der Waals surface area (Å²) in [6, 6.07) is 0.326. The van der Waals surface area contributed by atoms with Gasteiger partial charge in [-0.2, -0.15) is 0 Å². The number of hydrogen-bond acceptors (Lipinski definition) is 5. The van der Waals surface area contributed by atoms with Crippen LogP contribution in [0.4, 0.5) is 4.79 Å². The molecule has 0 aromatic carbocycles. The highest BCUT2D eigenvalue weighted by molar-refractivity contribution is 5.80. The Balaban J connectivity index is 1.52. The zero-order chi connectivity index (χ0) is 18.6. The van der Waals surface area contributed by atoms with Crippen LogP contribution in [0, 0.1) is 5.92 Å². The fourth-order valence-corrected chi connectivity index (χ4v) is 3.27. The highest BCUT2D eigenvalue weighted by Crippen LogP contribution is 2.14. The summed E-state index contributed by atoms with van der Waals surface area (Å²) < 4.78 is 15.9. The minimum absolute atomic E-state index is 0.244. The molecule has 26 heavy (non-hydrogen) atoms. The Morgan fingerprint density at radius 2 is 1.96 bits per heavy atom. The van der Waals surface area contributed by atoms with Gasteiger partial charge in [-0.25, -0.2) is 4.79 Å². The average Bonchev–Trinajstić information content (AvgIpc) is 2.70. The van der Waals surface area contributed by atoms with E-state index in [-0.39, 0.29) is 6.09 Å². The molecule has 0 aliphatic carbocycles. The van der Waals surface area contributed by atoms with Crippen molar-refractivity contribution >= 4 is 12.1 Å². The van der Waals surface area contributed by atoms with Crippen LogP contribution in [0.2, 0.25) is 0 Å². The summed E-state index contributed by atoms with van der Waals surface area (Å²) in [7, 11) is 3.20. The summed E-state index contributed by atoms with van der Waals surface area (Å²) in [4.78, 5) is 17.5. The summed E-state index contributed by atoms with van der Waals surface area (Å²) in [5.74, 6) is 1.47. The molecule has 2 N–H and O–H groups in total. The van der Waals surface area contributed by atoms with E-state index >= 15 is 0 Å². The number of guanidine groups is 1. The molecule has 0 aromatic heterocycles. The summed E-state index contributed by atoms with van der Waals surface area (Å²) >= 11 is 0. The molecular weight excluding hydrogens is 336 g/mol. The van der Waals surface area contributed by atoms with Gasteiger partial charge in [0.25, 0.3) is 0 Å². The van der Waals surface area contributed by atoms with E-state index in [2.05, 4.69) is 15.6 Å². The van der Waals surface area contributed by atoms with Gasteiger partial charge in [-0.05, 0) is 38.0 Å². The third kappa shape index (κ3) is 7.37. The van der Waals surface area contributed by atoms with Crippen molar-refractivity contribution in [2.24, 2.45) is 10.9 Å². The molecular formula is C18H34N4O4. The Bertz CT molecular complexity index is 433. The van der Waals surface area contributed by atoms with Gasteiger partial charge in [-0.3, -0.25) is 4.99 Å². The van der Waals surface area contributed by atoms with E-state index in [1.54, 1.807) is 11.9 Å². The average molecular weight is 370 g/mol. The number of methoxy groups -OCH3 is 1. The van der Waals surface area contributed by atoms with E-state index in [1.165, 1.54) is 7.11 Å². The van der Waals surface area contributed by atoms with Crippen molar-refractivity contribution < 1.29 is 19.0 Å². The van der Waals surface area contributed by atoms with Crippen molar-refractivity contribution in [1.82, 2.24) is 15.5 Å². The molecule has 2 fully saturated rings. The molecule has 0 atom stereocenters. The number of nitrogens with zero attached hydrogens (tertiary/aromatic N) is 2. The third-order valence-corrected chi connectivity index (χ3v) is 4.94. The SMILES string of the molecule is CN=C(NCCCOCC1CCOCC1)NC1CCN(C(=O)OC)CC1. The second-order valence-corrected chi connectivity index (χ2v) is 6.86. The van der Waals surface area contributed by atoms with Crippen molar-refractivity contribution in [2.75, 3.05) is 60.2 Å². The number of ether oxygens (including phenoxy) is 3. The third-order valence-electron chi connectivity index (χ3n) is 4.94. The van der Waals surface area contributed by atoms with Crippen molar-refractivity contribution in [3.8, 4) is 0 Å². The topological polar surface area (TPSA) is 84.4 Å². The number of carbonyl (C=O) groups excluding carboxylic acids is 1. The molecule has 8 nitrogen and oxygen atoms in total. The van der Waals surface area contributed by atoms with Gasteiger partial charge in [0.1, 0.15) is 0 Å². The van der Waals surface area contributed by atoms with Crippen LogP contribution in [0.15, 0.2) is 4.99 Å². The van der Waals surface area contributed by atoms with E-state index in [1.807, 2.05) is 0 Å². The molecule has 0 saturated carbocycles. The molecule has 0 radical (unpaired) electrons. The minimum Gasteiger partial charge on any atom is -0.453 e. The molecule has 2 saturated heterocycles. The molecule has 0 spiro atoms. The van der Waals surface area contributed by atoms with Crippen LogP contribution in [0.5, 0.6) is 0 Å². The predicted octanol–water partition coefficient (Wildman–Crippen LogP) is 1.22. The Kier molecular flexibility index (Phi) is 9.55. The van der Waals surface area contributed by atoms with E-state index in [0.29, 0.717) is 25.0 Å². The Morgan fingerprint density at radius 3 is 2.62 bits per heavy atom. The van der Waals surface area contributed by atoms with E-state index < -0.39 is 0 Å². The van der Waals surface area contributed by atoms with Gasteiger partial charge < -0.3 is 29.7 Å². The predicted molar refractivity (Wildman–Crippen MR) is 100 cm³/mol. The van der Waals surface area contributed by atoms with Crippen molar-refractivity contribution in [1.29, 1.82) is 0 Å². The number of amides is 1. The molecule has 2 aliphatic heterocycles. The fourth-order valence-electron chi connectivity index (χ4n) is 3.27. The zero-order valence-electron chi connectivity index (χ0n) is 16.2. The molecule has 2 aliphatic rings. The van der Waals surface area contributed by atoms with E-state index in [9.17, 15) is 4.79 Å². The first-order valence-electron chi connectivity index (χ1n) is 9.68. The van der Waals surface area contributed by atoms with Gasteiger partial charge in [0.05, 0.1) is 7.11 Å². The molecule has 2 rings (SSSR count). The number of piperidine rings is 1. The van der Waals surface area contributed by atoms with Crippen LogP contribution in [0.1, 0.15) is 32.1 Å².